The number of aliphatic hydroxyl groups is 1. The van der Waals surface area contributed by atoms with Crippen LogP contribution in [0.15, 0.2) is 42.5 Å². The number of ether oxygens (including phenoxy) is 1. The minimum atomic E-state index is -4.61. The van der Waals surface area contributed by atoms with Crippen molar-refractivity contribution in [1.29, 1.82) is 0 Å². The summed E-state index contributed by atoms with van der Waals surface area (Å²) in [7, 11) is 1.36. The number of hydrogen-bond acceptors (Lipinski definition) is 4. The molecule has 1 heterocycles. The van der Waals surface area contributed by atoms with Crippen LogP contribution in [0.2, 0.25) is 5.02 Å². The number of hydrogen-bond donors (Lipinski definition) is 2. The van der Waals surface area contributed by atoms with Gasteiger partial charge in [-0.1, -0.05) is 35.6 Å². The van der Waals surface area contributed by atoms with Crippen molar-refractivity contribution in [2.45, 2.75) is 25.6 Å². The maximum absolute atomic E-state index is 13.1. The van der Waals surface area contributed by atoms with E-state index in [9.17, 15) is 18.3 Å². The van der Waals surface area contributed by atoms with Gasteiger partial charge in [0, 0.05) is 30.7 Å². The largest absolute Gasteiger partial charge is 0.506 e. The Morgan fingerprint density at radius 3 is 2.50 bits per heavy atom. The number of aliphatic hydroxyl groups excluding tert-OH is 1. The van der Waals surface area contributed by atoms with Crippen molar-refractivity contribution in [1.82, 2.24) is 9.78 Å². The molecule has 0 atom stereocenters. The van der Waals surface area contributed by atoms with E-state index in [1.807, 2.05) is 0 Å². The zero-order valence-electron chi connectivity index (χ0n) is 17.1. The Morgan fingerprint density at radius 2 is 1.88 bits per heavy atom. The van der Waals surface area contributed by atoms with Gasteiger partial charge in [0.05, 0.1) is 5.69 Å². The molecule has 0 aliphatic carbocycles. The van der Waals surface area contributed by atoms with Gasteiger partial charge in [0.25, 0.3) is 0 Å². The Balaban J connectivity index is 1.99. The molecule has 0 amide bonds. The molecule has 3 aromatic rings. The van der Waals surface area contributed by atoms with Crippen LogP contribution >= 0.6 is 11.6 Å². The topological polar surface area (TPSA) is 67.5 Å². The lowest BCUT2D eigenvalue weighted by atomic mass is 10.0. The molecule has 9 heteroatoms. The van der Waals surface area contributed by atoms with Crippen molar-refractivity contribution < 1.29 is 28.1 Å². The monoisotopic (exact) mass is 464 g/mol. The van der Waals surface area contributed by atoms with E-state index >= 15 is 0 Å². The summed E-state index contributed by atoms with van der Waals surface area (Å²) < 4.78 is 46.0. The summed E-state index contributed by atoms with van der Waals surface area (Å²) in [5.41, 5.74) is 0.133. The molecule has 0 saturated carbocycles. The zero-order chi connectivity index (χ0) is 23.3. The summed E-state index contributed by atoms with van der Waals surface area (Å²) in [4.78, 5) is 0. The Kier molecular flexibility index (Phi) is 7.33. The molecule has 0 aliphatic rings. The van der Waals surface area contributed by atoms with Crippen LogP contribution < -0.4 is 4.74 Å². The average Bonchev–Trinajstić information content (AvgIpc) is 3.14. The van der Waals surface area contributed by atoms with Crippen molar-refractivity contribution in [3.05, 3.63) is 64.3 Å². The fourth-order valence-corrected chi connectivity index (χ4v) is 3.06. The molecule has 32 heavy (non-hydrogen) atoms. The molecule has 0 fully saturated rings. The molecule has 0 radical (unpaired) electrons. The van der Waals surface area contributed by atoms with E-state index < -0.39 is 11.9 Å². The number of unbranched alkanes of at least 4 members (excludes halogenated alkanes) is 1. The van der Waals surface area contributed by atoms with Gasteiger partial charge in [0.1, 0.15) is 23.7 Å². The molecule has 0 saturated heterocycles. The van der Waals surface area contributed by atoms with Crippen molar-refractivity contribution in [2.24, 2.45) is 7.05 Å². The number of benzene rings is 2. The van der Waals surface area contributed by atoms with Gasteiger partial charge in [-0.25, -0.2) is 0 Å². The van der Waals surface area contributed by atoms with Crippen molar-refractivity contribution in [3.8, 4) is 34.6 Å². The van der Waals surface area contributed by atoms with Crippen LogP contribution in [0.25, 0.3) is 11.3 Å². The fourth-order valence-electron chi connectivity index (χ4n) is 2.94. The Morgan fingerprint density at radius 1 is 1.16 bits per heavy atom. The van der Waals surface area contributed by atoms with Gasteiger partial charge in [-0.3, -0.25) is 4.68 Å². The predicted octanol–water partition coefficient (Wildman–Crippen LogP) is 5.17. The lowest BCUT2D eigenvalue weighted by molar-refractivity contribution is -0.141. The summed E-state index contributed by atoms with van der Waals surface area (Å²) in [5.74, 6) is 5.62. The third-order valence-electron chi connectivity index (χ3n) is 4.57. The third kappa shape index (κ3) is 5.55. The first kappa shape index (κ1) is 23.5. The van der Waals surface area contributed by atoms with Gasteiger partial charge < -0.3 is 14.9 Å². The van der Waals surface area contributed by atoms with Crippen LogP contribution in [0.4, 0.5) is 13.2 Å². The van der Waals surface area contributed by atoms with Crippen LogP contribution in [0.5, 0.6) is 11.5 Å². The molecule has 0 unspecified atom stereocenters. The van der Waals surface area contributed by atoms with Crippen LogP contribution in [0.1, 0.15) is 29.7 Å². The number of nitrogens with zero attached hydrogens (tertiary/aromatic N) is 2. The zero-order valence-corrected chi connectivity index (χ0v) is 17.8. The van der Waals surface area contributed by atoms with Crippen molar-refractivity contribution in [3.63, 3.8) is 0 Å². The van der Waals surface area contributed by atoms with Crippen molar-refractivity contribution >= 4 is 11.6 Å². The first-order valence-electron chi connectivity index (χ1n) is 9.65. The van der Waals surface area contributed by atoms with Gasteiger partial charge in [0.15, 0.2) is 5.69 Å². The highest BCUT2D eigenvalue weighted by Gasteiger charge is 2.35. The summed E-state index contributed by atoms with van der Waals surface area (Å²) in [6.07, 6.45) is -3.79. The van der Waals surface area contributed by atoms with Crippen LogP contribution in [0.3, 0.4) is 0 Å². The second-order valence-electron chi connectivity index (χ2n) is 6.92. The molecule has 3 rings (SSSR count). The minimum Gasteiger partial charge on any atom is -0.506 e. The van der Waals surface area contributed by atoms with Gasteiger partial charge in [-0.15, -0.1) is 0 Å². The maximum Gasteiger partial charge on any atom is 0.435 e. The number of aryl methyl sites for hydroxylation is 1. The SMILES string of the molecule is Cn1nc(C(F)(F)F)cc1-c1ccc(OCc2ccc(Cl)cc2)c(C#CCCCO)c1O. The summed E-state index contributed by atoms with van der Waals surface area (Å²) in [6.45, 7) is 0.140. The molecule has 2 aromatic carbocycles. The Bertz CT molecular complexity index is 1150. The molecular weight excluding hydrogens is 445 g/mol. The Hall–Kier alpha value is -3.15. The highest BCUT2D eigenvalue weighted by molar-refractivity contribution is 6.30. The number of aromatic nitrogens is 2. The highest BCUT2D eigenvalue weighted by atomic mass is 35.5. The summed E-state index contributed by atoms with van der Waals surface area (Å²) >= 11 is 5.89. The standard InChI is InChI=1S/C23H20ClF3N2O3/c1-29-19(13-21(28-29)23(25,26)27)17-10-11-20(18(22(17)31)5-3-2-4-12-30)32-14-15-6-8-16(24)9-7-15/h6-11,13,30-31H,2,4,12,14H2,1H3. The van der Waals surface area contributed by atoms with E-state index in [1.165, 1.54) is 13.1 Å². The van der Waals surface area contributed by atoms with Gasteiger partial charge in [-0.05, 0) is 42.3 Å². The third-order valence-corrected chi connectivity index (χ3v) is 4.82. The van der Waals surface area contributed by atoms with E-state index in [4.69, 9.17) is 21.4 Å². The number of halogens is 4. The normalized spacial score (nSPS) is 11.2. The quantitative estimate of drug-likeness (QED) is 0.390. The molecule has 0 spiro atoms. The van der Waals surface area contributed by atoms with Gasteiger partial charge in [0.2, 0.25) is 0 Å². The predicted molar refractivity (Wildman–Crippen MR) is 114 cm³/mol. The lowest BCUT2D eigenvalue weighted by Gasteiger charge is -2.13. The molecule has 0 aliphatic heterocycles. The first-order chi connectivity index (χ1) is 15.2. The van der Waals surface area contributed by atoms with Crippen LogP contribution in [0, 0.1) is 11.8 Å². The number of alkyl halides is 3. The Labute approximate surface area is 188 Å². The number of phenols is 1. The maximum atomic E-state index is 13.1. The van der Waals surface area contributed by atoms with E-state index in [-0.39, 0.29) is 41.5 Å². The second kappa shape index (κ2) is 9.98. The minimum absolute atomic E-state index is 0.0319. The average molecular weight is 465 g/mol. The number of aromatic hydroxyl groups is 1. The number of phenolic OH excluding ortho intramolecular Hbond substituents is 1. The van der Waals surface area contributed by atoms with Gasteiger partial charge >= 0.3 is 6.18 Å². The summed E-state index contributed by atoms with van der Waals surface area (Å²) in [6, 6.07) is 10.9. The molecule has 168 valence electrons. The van der Waals surface area contributed by atoms with E-state index in [1.54, 1.807) is 30.3 Å². The van der Waals surface area contributed by atoms with Crippen molar-refractivity contribution in [2.75, 3.05) is 6.61 Å². The number of rotatable bonds is 6. The highest BCUT2D eigenvalue weighted by Crippen LogP contribution is 2.39. The molecule has 1 aromatic heterocycles. The van der Waals surface area contributed by atoms with Gasteiger partial charge in [-0.2, -0.15) is 18.3 Å². The smallest absolute Gasteiger partial charge is 0.435 e. The van der Waals surface area contributed by atoms with E-state index in [2.05, 4.69) is 16.9 Å². The second-order valence-corrected chi connectivity index (χ2v) is 7.35. The van der Waals surface area contributed by atoms with Crippen LogP contribution in [-0.2, 0) is 19.8 Å². The molecule has 2 N–H and O–H groups in total. The summed E-state index contributed by atoms with van der Waals surface area (Å²) in [5, 5.41) is 23.9. The fraction of sp³-hybridized carbons (Fsp3) is 0.261. The van der Waals surface area contributed by atoms with E-state index in [0.29, 0.717) is 17.9 Å². The molecular formula is C23H20ClF3N2O3. The lowest BCUT2D eigenvalue weighted by Crippen LogP contribution is -2.06. The molecule has 5 nitrogen and oxygen atoms in total. The van der Waals surface area contributed by atoms with Crippen LogP contribution in [-0.4, -0.2) is 26.6 Å². The molecule has 0 bridgehead atoms. The van der Waals surface area contributed by atoms with E-state index in [0.717, 1.165) is 16.3 Å². The first-order valence-corrected chi connectivity index (χ1v) is 10.0.